The van der Waals surface area contributed by atoms with Gasteiger partial charge in [-0.15, -0.1) is 0 Å². The Balaban J connectivity index is 1.59. The third kappa shape index (κ3) is 6.00. The molecule has 1 heterocycles. The fourth-order valence-corrected chi connectivity index (χ4v) is 5.42. The number of aryl methyl sites for hydroxylation is 2. The van der Waals surface area contributed by atoms with E-state index < -0.39 is 10.0 Å². The Hall–Kier alpha value is -2.54. The molecule has 168 valence electrons. The lowest BCUT2D eigenvalue weighted by Crippen LogP contribution is -2.38. The second kappa shape index (κ2) is 10.7. The summed E-state index contributed by atoms with van der Waals surface area (Å²) < 4.78 is 32.2. The molecule has 3 rings (SSSR count). The van der Waals surface area contributed by atoms with Gasteiger partial charge in [-0.05, 0) is 68.4 Å². The molecule has 2 aromatic carbocycles. The van der Waals surface area contributed by atoms with Crippen molar-refractivity contribution in [2.75, 3.05) is 29.8 Å². The lowest BCUT2D eigenvalue weighted by atomic mass is 10.1. The zero-order valence-corrected chi connectivity index (χ0v) is 19.2. The molecule has 0 bridgehead atoms. The van der Waals surface area contributed by atoms with Gasteiger partial charge in [0.2, 0.25) is 10.0 Å². The molecule has 0 radical (unpaired) electrons. The SMILES string of the molecule is CCCOc1ccccc1CCCNC(=O)c1ccc(C)c(N2CCCCS2(=O)=O)c1. The number of anilines is 1. The minimum absolute atomic E-state index is 0.159. The van der Waals surface area contributed by atoms with E-state index in [2.05, 4.69) is 18.3 Å². The molecule has 1 aliphatic heterocycles. The van der Waals surface area contributed by atoms with Gasteiger partial charge in [-0.25, -0.2) is 8.42 Å². The van der Waals surface area contributed by atoms with E-state index >= 15 is 0 Å². The van der Waals surface area contributed by atoms with Crippen LogP contribution in [0.1, 0.15) is 54.1 Å². The van der Waals surface area contributed by atoms with Gasteiger partial charge in [0.15, 0.2) is 0 Å². The standard InChI is InChI=1S/C24H32N2O4S/c1-3-16-30-23-11-5-4-9-20(23)10-8-14-25-24(27)21-13-12-19(2)22(18-21)26-15-6-7-17-31(26,28)29/h4-5,9,11-13,18H,3,6-8,10,14-17H2,1-2H3,(H,25,27). The number of amides is 1. The van der Waals surface area contributed by atoms with E-state index in [9.17, 15) is 13.2 Å². The van der Waals surface area contributed by atoms with E-state index in [4.69, 9.17) is 4.74 Å². The molecular weight excluding hydrogens is 412 g/mol. The summed E-state index contributed by atoms with van der Waals surface area (Å²) in [6.45, 7) is 5.64. The maximum atomic E-state index is 12.7. The summed E-state index contributed by atoms with van der Waals surface area (Å²) in [4.78, 5) is 12.7. The van der Waals surface area contributed by atoms with Gasteiger partial charge in [0.1, 0.15) is 5.75 Å². The van der Waals surface area contributed by atoms with Crippen molar-refractivity contribution in [2.45, 2.75) is 46.0 Å². The minimum atomic E-state index is -3.31. The van der Waals surface area contributed by atoms with Crippen molar-refractivity contribution in [3.05, 3.63) is 59.2 Å². The third-order valence-corrected chi connectivity index (χ3v) is 7.29. The van der Waals surface area contributed by atoms with E-state index in [0.717, 1.165) is 42.6 Å². The smallest absolute Gasteiger partial charge is 0.251 e. The summed E-state index contributed by atoms with van der Waals surface area (Å²) in [5.41, 5.74) is 3.08. The van der Waals surface area contributed by atoms with Crippen molar-refractivity contribution >= 4 is 21.6 Å². The van der Waals surface area contributed by atoms with Gasteiger partial charge < -0.3 is 10.1 Å². The molecule has 0 aromatic heterocycles. The summed E-state index contributed by atoms with van der Waals surface area (Å²) in [7, 11) is -3.31. The summed E-state index contributed by atoms with van der Waals surface area (Å²) in [5, 5.41) is 2.95. The number of hydrogen-bond acceptors (Lipinski definition) is 4. The predicted octanol–water partition coefficient (Wildman–Crippen LogP) is 4.08. The highest BCUT2D eigenvalue weighted by atomic mass is 32.2. The number of benzene rings is 2. The first-order valence-electron chi connectivity index (χ1n) is 11.0. The Kier molecular flexibility index (Phi) is 7.96. The minimum Gasteiger partial charge on any atom is -0.493 e. The van der Waals surface area contributed by atoms with Crippen LogP contribution in [0.25, 0.3) is 0 Å². The van der Waals surface area contributed by atoms with Crippen LogP contribution >= 0.6 is 0 Å². The Bertz CT molecular complexity index is 1000. The average Bonchev–Trinajstić information content (AvgIpc) is 2.76. The van der Waals surface area contributed by atoms with E-state index in [0.29, 0.717) is 37.4 Å². The van der Waals surface area contributed by atoms with E-state index in [1.54, 1.807) is 12.1 Å². The van der Waals surface area contributed by atoms with Crippen LogP contribution < -0.4 is 14.4 Å². The largest absolute Gasteiger partial charge is 0.493 e. The quantitative estimate of drug-likeness (QED) is 0.592. The molecule has 0 saturated carbocycles. The van der Waals surface area contributed by atoms with E-state index in [1.807, 2.05) is 31.2 Å². The monoisotopic (exact) mass is 444 g/mol. The molecule has 7 heteroatoms. The van der Waals surface area contributed by atoms with Crippen LogP contribution in [0.2, 0.25) is 0 Å². The van der Waals surface area contributed by atoms with Crippen molar-refractivity contribution in [1.29, 1.82) is 0 Å². The first-order valence-corrected chi connectivity index (χ1v) is 12.6. The number of para-hydroxylation sites is 1. The van der Waals surface area contributed by atoms with Gasteiger partial charge in [0.25, 0.3) is 5.91 Å². The van der Waals surface area contributed by atoms with Gasteiger partial charge >= 0.3 is 0 Å². The highest BCUT2D eigenvalue weighted by Gasteiger charge is 2.27. The normalized spacial score (nSPS) is 15.5. The summed E-state index contributed by atoms with van der Waals surface area (Å²) in [5.74, 6) is 0.875. The van der Waals surface area contributed by atoms with E-state index in [-0.39, 0.29) is 11.7 Å². The van der Waals surface area contributed by atoms with Gasteiger partial charge in [-0.1, -0.05) is 31.2 Å². The van der Waals surface area contributed by atoms with Crippen LogP contribution in [-0.2, 0) is 16.4 Å². The zero-order valence-electron chi connectivity index (χ0n) is 18.4. The maximum absolute atomic E-state index is 12.7. The number of hydrogen-bond donors (Lipinski definition) is 1. The molecule has 1 amide bonds. The topological polar surface area (TPSA) is 75.7 Å². The molecule has 0 spiro atoms. The van der Waals surface area contributed by atoms with Gasteiger partial charge in [0.05, 0.1) is 18.0 Å². The van der Waals surface area contributed by atoms with Crippen molar-refractivity contribution < 1.29 is 17.9 Å². The molecule has 0 unspecified atom stereocenters. The second-order valence-corrected chi connectivity index (χ2v) is 9.93. The fraction of sp³-hybridized carbons (Fsp3) is 0.458. The van der Waals surface area contributed by atoms with E-state index in [1.165, 1.54) is 4.31 Å². The highest BCUT2D eigenvalue weighted by molar-refractivity contribution is 7.92. The van der Waals surface area contributed by atoms with Crippen LogP contribution in [0.4, 0.5) is 5.69 Å². The molecular formula is C24H32N2O4S. The highest BCUT2D eigenvalue weighted by Crippen LogP contribution is 2.28. The fourth-order valence-electron chi connectivity index (χ4n) is 3.72. The number of nitrogens with zero attached hydrogens (tertiary/aromatic N) is 1. The lowest BCUT2D eigenvalue weighted by molar-refractivity contribution is 0.0953. The molecule has 1 aliphatic rings. The first kappa shape index (κ1) is 23.1. The first-order chi connectivity index (χ1) is 14.9. The Morgan fingerprint density at radius 2 is 1.97 bits per heavy atom. The van der Waals surface area contributed by atoms with Crippen LogP contribution in [0.5, 0.6) is 5.75 Å². The van der Waals surface area contributed by atoms with Crippen LogP contribution in [0.3, 0.4) is 0 Å². The number of carbonyl (C=O) groups excluding carboxylic acids is 1. The van der Waals surface area contributed by atoms with Gasteiger partial charge in [-0.3, -0.25) is 9.10 Å². The predicted molar refractivity (Wildman–Crippen MR) is 124 cm³/mol. The van der Waals surface area contributed by atoms with Crippen molar-refractivity contribution in [2.24, 2.45) is 0 Å². The number of sulfonamides is 1. The molecule has 0 aliphatic carbocycles. The van der Waals surface area contributed by atoms with Crippen molar-refractivity contribution in [1.82, 2.24) is 5.32 Å². The van der Waals surface area contributed by atoms with Gasteiger partial charge in [0, 0.05) is 18.7 Å². The molecule has 2 aromatic rings. The molecule has 1 saturated heterocycles. The Morgan fingerprint density at radius 3 is 2.74 bits per heavy atom. The molecule has 6 nitrogen and oxygen atoms in total. The van der Waals surface area contributed by atoms with Crippen LogP contribution in [0.15, 0.2) is 42.5 Å². The summed E-state index contributed by atoms with van der Waals surface area (Å²) >= 11 is 0. The number of nitrogens with one attached hydrogen (secondary N) is 1. The maximum Gasteiger partial charge on any atom is 0.251 e. The third-order valence-electron chi connectivity index (χ3n) is 5.43. The number of rotatable bonds is 9. The Labute approximate surface area is 185 Å². The van der Waals surface area contributed by atoms with Crippen LogP contribution in [-0.4, -0.2) is 39.8 Å². The molecule has 31 heavy (non-hydrogen) atoms. The Morgan fingerprint density at radius 1 is 1.16 bits per heavy atom. The van der Waals surface area contributed by atoms with Crippen LogP contribution in [0, 0.1) is 6.92 Å². The van der Waals surface area contributed by atoms with Gasteiger partial charge in [-0.2, -0.15) is 0 Å². The molecule has 1 N–H and O–H groups in total. The number of ether oxygens (including phenoxy) is 1. The summed E-state index contributed by atoms with van der Waals surface area (Å²) in [6.07, 6.45) is 4.08. The molecule has 1 fully saturated rings. The van der Waals surface area contributed by atoms with Crippen molar-refractivity contribution in [3.8, 4) is 5.75 Å². The second-order valence-electron chi connectivity index (χ2n) is 7.91. The number of carbonyl (C=O) groups is 1. The lowest BCUT2D eigenvalue weighted by Gasteiger charge is -2.29. The van der Waals surface area contributed by atoms with Crippen molar-refractivity contribution in [3.63, 3.8) is 0 Å². The zero-order chi connectivity index (χ0) is 22.3. The molecule has 0 atom stereocenters. The average molecular weight is 445 g/mol. The summed E-state index contributed by atoms with van der Waals surface area (Å²) in [6, 6.07) is 13.3.